The van der Waals surface area contributed by atoms with Crippen LogP contribution in [0.2, 0.25) is 0 Å². The Hall–Kier alpha value is -0.984. The molecule has 0 atom stereocenters. The fourth-order valence-electron chi connectivity index (χ4n) is 1.81. The van der Waals surface area contributed by atoms with E-state index in [9.17, 15) is 9.59 Å². The van der Waals surface area contributed by atoms with Gasteiger partial charge in [-0.1, -0.05) is 36.4 Å². The van der Waals surface area contributed by atoms with Crippen molar-refractivity contribution in [2.24, 2.45) is 0 Å². The van der Waals surface area contributed by atoms with Gasteiger partial charge in [0.2, 0.25) is 0 Å². The Morgan fingerprint density at radius 1 is 0.737 bits per heavy atom. The van der Waals surface area contributed by atoms with Crippen LogP contribution in [0.25, 0.3) is 11.1 Å². The molecule has 0 radical (unpaired) electrons. The third-order valence-corrected chi connectivity index (χ3v) is 2.61. The SMILES string of the molecule is O=C(O)c1ccccc1-c1ccccc1C(=O)O.[H-].[K+]. The minimum Gasteiger partial charge on any atom is -1.00 e. The zero-order valence-corrected chi connectivity index (χ0v) is 13.5. The van der Waals surface area contributed by atoms with Gasteiger partial charge in [-0.15, -0.1) is 0 Å². The second-order valence-electron chi connectivity index (χ2n) is 3.70. The number of aromatic carboxylic acids is 2. The van der Waals surface area contributed by atoms with Crippen LogP contribution < -0.4 is 51.4 Å². The van der Waals surface area contributed by atoms with Crippen molar-refractivity contribution in [3.63, 3.8) is 0 Å². The molecule has 2 N–H and O–H groups in total. The van der Waals surface area contributed by atoms with E-state index in [-0.39, 0.29) is 63.9 Å². The second-order valence-corrected chi connectivity index (χ2v) is 3.70. The minimum atomic E-state index is -1.08. The number of carbonyl (C=O) groups is 2. The number of hydrogen-bond acceptors (Lipinski definition) is 2. The van der Waals surface area contributed by atoms with Crippen LogP contribution in [0.5, 0.6) is 0 Å². The van der Waals surface area contributed by atoms with Crippen LogP contribution in [-0.2, 0) is 0 Å². The average Bonchev–Trinajstić information content (AvgIpc) is 2.38. The molecule has 2 aromatic rings. The molecular formula is C14H11KO4. The van der Waals surface area contributed by atoms with Crippen molar-refractivity contribution in [1.29, 1.82) is 0 Å². The van der Waals surface area contributed by atoms with Gasteiger partial charge in [0.15, 0.2) is 0 Å². The van der Waals surface area contributed by atoms with Gasteiger partial charge in [0.05, 0.1) is 11.1 Å². The molecule has 19 heavy (non-hydrogen) atoms. The molecule has 0 aliphatic rings. The molecule has 0 amide bonds. The van der Waals surface area contributed by atoms with Crippen LogP contribution in [0.3, 0.4) is 0 Å². The Morgan fingerprint density at radius 2 is 1.05 bits per heavy atom. The van der Waals surface area contributed by atoms with E-state index in [0.29, 0.717) is 11.1 Å². The molecule has 92 valence electrons. The topological polar surface area (TPSA) is 74.6 Å². The fraction of sp³-hybridized carbons (Fsp3) is 0. The monoisotopic (exact) mass is 282 g/mol. The number of carboxylic acids is 2. The molecule has 0 saturated carbocycles. The van der Waals surface area contributed by atoms with Crippen molar-refractivity contribution in [2.45, 2.75) is 0 Å². The van der Waals surface area contributed by atoms with Crippen molar-refractivity contribution in [1.82, 2.24) is 0 Å². The maximum Gasteiger partial charge on any atom is 1.00 e. The molecule has 0 bridgehead atoms. The van der Waals surface area contributed by atoms with E-state index in [1.807, 2.05) is 0 Å². The van der Waals surface area contributed by atoms with Crippen LogP contribution in [0.1, 0.15) is 22.1 Å². The summed E-state index contributed by atoms with van der Waals surface area (Å²) in [5.74, 6) is -2.16. The standard InChI is InChI=1S/C14H10O4.K.H/c15-13(16)11-7-3-1-5-9(11)10-6-2-4-8-12(10)14(17)18;;/h1-8H,(H,15,16)(H,17,18);;/q;+1;-1. The van der Waals surface area contributed by atoms with Crippen LogP contribution in [0, 0.1) is 0 Å². The van der Waals surface area contributed by atoms with E-state index in [0.717, 1.165) is 0 Å². The van der Waals surface area contributed by atoms with Gasteiger partial charge < -0.3 is 11.6 Å². The summed E-state index contributed by atoms with van der Waals surface area (Å²) in [5, 5.41) is 18.2. The third-order valence-electron chi connectivity index (χ3n) is 2.61. The van der Waals surface area contributed by atoms with Gasteiger partial charge in [0.1, 0.15) is 0 Å². The third kappa shape index (κ3) is 3.52. The zero-order chi connectivity index (χ0) is 13.1. The molecule has 0 aliphatic carbocycles. The first-order valence-corrected chi connectivity index (χ1v) is 5.26. The first-order valence-electron chi connectivity index (χ1n) is 5.26. The van der Waals surface area contributed by atoms with Gasteiger partial charge in [0, 0.05) is 0 Å². The first-order chi connectivity index (χ1) is 8.61. The molecule has 0 unspecified atom stereocenters. The molecule has 2 aromatic carbocycles. The summed E-state index contributed by atoms with van der Waals surface area (Å²) < 4.78 is 0. The van der Waals surface area contributed by atoms with Gasteiger partial charge in [0.25, 0.3) is 0 Å². The Bertz CT molecular complexity index is 573. The van der Waals surface area contributed by atoms with Crippen molar-refractivity contribution in [3.8, 4) is 11.1 Å². The van der Waals surface area contributed by atoms with Crippen LogP contribution in [0.4, 0.5) is 0 Å². The summed E-state index contributed by atoms with van der Waals surface area (Å²) in [7, 11) is 0. The average molecular weight is 282 g/mol. The van der Waals surface area contributed by atoms with E-state index in [1.54, 1.807) is 36.4 Å². The van der Waals surface area contributed by atoms with Gasteiger partial charge in [-0.25, -0.2) is 9.59 Å². The van der Waals surface area contributed by atoms with Gasteiger partial charge in [-0.3, -0.25) is 0 Å². The largest absolute Gasteiger partial charge is 1.00 e. The smallest absolute Gasteiger partial charge is 1.00 e. The molecule has 5 heteroatoms. The molecule has 0 heterocycles. The molecule has 0 aliphatic heterocycles. The van der Waals surface area contributed by atoms with Gasteiger partial charge in [-0.2, -0.15) is 0 Å². The maximum absolute atomic E-state index is 11.1. The molecule has 0 saturated heterocycles. The summed E-state index contributed by atoms with van der Waals surface area (Å²) >= 11 is 0. The number of benzene rings is 2. The molecule has 2 rings (SSSR count). The van der Waals surface area contributed by atoms with Crippen molar-refractivity contribution in [3.05, 3.63) is 59.7 Å². The Balaban J connectivity index is 0.00000180. The number of hydrogen-bond donors (Lipinski definition) is 2. The van der Waals surface area contributed by atoms with Crippen molar-refractivity contribution < 1.29 is 72.6 Å². The van der Waals surface area contributed by atoms with Crippen LogP contribution in [-0.4, -0.2) is 22.2 Å². The predicted molar refractivity (Wildman–Crippen MR) is 66.9 cm³/mol. The number of carboxylic acid groups (broad SMARTS) is 2. The molecule has 0 fully saturated rings. The Morgan fingerprint density at radius 3 is 1.37 bits per heavy atom. The minimum absolute atomic E-state index is 0. The molecule has 0 spiro atoms. The van der Waals surface area contributed by atoms with Crippen LogP contribution in [0.15, 0.2) is 48.5 Å². The summed E-state index contributed by atoms with van der Waals surface area (Å²) in [6, 6.07) is 12.7. The molecular weight excluding hydrogens is 271 g/mol. The fourth-order valence-corrected chi connectivity index (χ4v) is 1.81. The van der Waals surface area contributed by atoms with Gasteiger partial charge >= 0.3 is 63.3 Å². The number of rotatable bonds is 3. The maximum atomic E-state index is 11.1. The Labute approximate surface area is 154 Å². The van der Waals surface area contributed by atoms with Crippen molar-refractivity contribution in [2.75, 3.05) is 0 Å². The van der Waals surface area contributed by atoms with E-state index in [4.69, 9.17) is 10.2 Å². The zero-order valence-electron chi connectivity index (χ0n) is 11.3. The van der Waals surface area contributed by atoms with Crippen LogP contribution >= 0.6 is 0 Å². The normalized spacial score (nSPS) is 9.47. The second kappa shape index (κ2) is 6.98. The predicted octanol–water partition coefficient (Wildman–Crippen LogP) is -0.134. The summed E-state index contributed by atoms with van der Waals surface area (Å²) in [5.41, 5.74) is 0.989. The molecule has 4 nitrogen and oxygen atoms in total. The van der Waals surface area contributed by atoms with E-state index in [2.05, 4.69) is 0 Å². The van der Waals surface area contributed by atoms with Gasteiger partial charge in [-0.05, 0) is 23.3 Å². The molecule has 0 aromatic heterocycles. The summed E-state index contributed by atoms with van der Waals surface area (Å²) in [4.78, 5) is 22.3. The van der Waals surface area contributed by atoms with E-state index >= 15 is 0 Å². The Kier molecular flexibility index (Phi) is 5.90. The first kappa shape index (κ1) is 16.1. The van der Waals surface area contributed by atoms with E-state index in [1.165, 1.54) is 12.1 Å². The quantitative estimate of drug-likeness (QED) is 0.769. The van der Waals surface area contributed by atoms with Crippen molar-refractivity contribution >= 4 is 11.9 Å². The summed E-state index contributed by atoms with van der Waals surface area (Å²) in [6.45, 7) is 0. The summed E-state index contributed by atoms with van der Waals surface area (Å²) in [6.07, 6.45) is 0. The van der Waals surface area contributed by atoms with E-state index < -0.39 is 11.9 Å².